The van der Waals surface area contributed by atoms with Gasteiger partial charge in [-0.3, -0.25) is 0 Å². The lowest BCUT2D eigenvalue weighted by Crippen LogP contribution is -2.52. The van der Waals surface area contributed by atoms with Crippen molar-refractivity contribution >= 4 is 0 Å². The number of nitrogens with zero attached hydrogens (tertiary/aromatic N) is 1. The van der Waals surface area contributed by atoms with E-state index in [0.717, 1.165) is 5.92 Å². The Bertz CT molecular complexity index is 453. The van der Waals surface area contributed by atoms with Crippen LogP contribution in [0.25, 0.3) is 0 Å². The SMILES string of the molecule is CCCc1cccc([C@H]2CC[C@H](NC(C)C)[C@@H](N(C)C)C2)c1. The van der Waals surface area contributed by atoms with Gasteiger partial charge in [-0.25, -0.2) is 0 Å². The Balaban J connectivity index is 2.09. The monoisotopic (exact) mass is 302 g/mol. The number of nitrogens with one attached hydrogen (secondary N) is 1. The molecule has 0 heterocycles. The first-order valence-electron chi connectivity index (χ1n) is 9.02. The van der Waals surface area contributed by atoms with E-state index in [1.807, 2.05) is 0 Å². The van der Waals surface area contributed by atoms with Gasteiger partial charge in [0.1, 0.15) is 0 Å². The number of rotatable bonds is 6. The molecule has 0 aliphatic heterocycles. The number of benzene rings is 1. The largest absolute Gasteiger partial charge is 0.310 e. The first-order valence-corrected chi connectivity index (χ1v) is 9.02. The summed E-state index contributed by atoms with van der Waals surface area (Å²) >= 11 is 0. The lowest BCUT2D eigenvalue weighted by Gasteiger charge is -2.41. The van der Waals surface area contributed by atoms with Gasteiger partial charge < -0.3 is 10.2 Å². The minimum atomic E-state index is 0.567. The van der Waals surface area contributed by atoms with Crippen LogP contribution in [0, 0.1) is 0 Å². The number of likely N-dealkylation sites (N-methyl/N-ethyl adjacent to an activating group) is 1. The van der Waals surface area contributed by atoms with Gasteiger partial charge in [0.15, 0.2) is 0 Å². The van der Waals surface area contributed by atoms with Crippen LogP contribution in [0.15, 0.2) is 24.3 Å². The molecule has 1 fully saturated rings. The summed E-state index contributed by atoms with van der Waals surface area (Å²) in [5, 5.41) is 3.78. The second kappa shape index (κ2) is 8.12. The molecule has 0 amide bonds. The van der Waals surface area contributed by atoms with Gasteiger partial charge in [-0.2, -0.15) is 0 Å². The van der Waals surface area contributed by atoms with Crippen LogP contribution in [-0.2, 0) is 6.42 Å². The molecule has 1 N–H and O–H groups in total. The van der Waals surface area contributed by atoms with Crippen LogP contribution in [0.5, 0.6) is 0 Å². The molecule has 0 radical (unpaired) electrons. The van der Waals surface area contributed by atoms with Crippen LogP contribution < -0.4 is 5.32 Å². The van der Waals surface area contributed by atoms with E-state index in [9.17, 15) is 0 Å². The van der Waals surface area contributed by atoms with Gasteiger partial charge >= 0.3 is 0 Å². The van der Waals surface area contributed by atoms with Gasteiger partial charge in [0.2, 0.25) is 0 Å². The Morgan fingerprint density at radius 3 is 2.64 bits per heavy atom. The average Bonchev–Trinajstić information content (AvgIpc) is 2.47. The fourth-order valence-electron chi connectivity index (χ4n) is 3.93. The standard InChI is InChI=1S/C20H34N2/c1-6-8-16-9-7-10-17(13-16)18-11-12-19(21-15(2)3)20(14-18)22(4)5/h7,9-10,13,15,18-21H,6,8,11-12,14H2,1-5H3/t18-,19-,20-/m0/s1. The summed E-state index contributed by atoms with van der Waals surface area (Å²) in [5.74, 6) is 0.717. The van der Waals surface area contributed by atoms with Crippen molar-refractivity contribution in [2.75, 3.05) is 14.1 Å². The summed E-state index contributed by atoms with van der Waals surface area (Å²) in [7, 11) is 4.46. The Morgan fingerprint density at radius 1 is 1.23 bits per heavy atom. The number of aryl methyl sites for hydroxylation is 1. The van der Waals surface area contributed by atoms with E-state index in [-0.39, 0.29) is 0 Å². The van der Waals surface area contributed by atoms with E-state index in [0.29, 0.717) is 18.1 Å². The lowest BCUT2D eigenvalue weighted by atomic mass is 9.77. The Kier molecular flexibility index (Phi) is 6.46. The summed E-state index contributed by atoms with van der Waals surface area (Å²) < 4.78 is 0. The van der Waals surface area contributed by atoms with E-state index in [1.54, 1.807) is 5.56 Å². The van der Waals surface area contributed by atoms with Crippen LogP contribution in [0.1, 0.15) is 63.5 Å². The van der Waals surface area contributed by atoms with Gasteiger partial charge in [0, 0.05) is 18.1 Å². The predicted octanol–water partition coefficient (Wildman–Crippen LogP) is 4.20. The van der Waals surface area contributed by atoms with Crippen molar-refractivity contribution in [3.05, 3.63) is 35.4 Å². The van der Waals surface area contributed by atoms with Crippen molar-refractivity contribution in [2.45, 2.75) is 76.9 Å². The van der Waals surface area contributed by atoms with Gasteiger partial charge in [-0.05, 0) is 56.8 Å². The summed E-state index contributed by atoms with van der Waals surface area (Å²) in [6, 6.07) is 11.2. The molecule has 1 aromatic rings. The first-order chi connectivity index (χ1) is 10.5. The van der Waals surface area contributed by atoms with E-state index in [2.05, 4.69) is 69.3 Å². The van der Waals surface area contributed by atoms with Crippen LogP contribution in [0.3, 0.4) is 0 Å². The third kappa shape index (κ3) is 4.57. The van der Waals surface area contributed by atoms with Crippen molar-refractivity contribution in [3.8, 4) is 0 Å². The topological polar surface area (TPSA) is 15.3 Å². The van der Waals surface area contributed by atoms with E-state index < -0.39 is 0 Å². The molecule has 0 saturated heterocycles. The second-order valence-electron chi connectivity index (χ2n) is 7.46. The maximum Gasteiger partial charge on any atom is 0.0249 e. The molecule has 1 aliphatic rings. The zero-order valence-electron chi connectivity index (χ0n) is 15.1. The summed E-state index contributed by atoms with van der Waals surface area (Å²) in [6.45, 7) is 6.78. The smallest absolute Gasteiger partial charge is 0.0249 e. The number of hydrogen-bond donors (Lipinski definition) is 1. The van der Waals surface area contributed by atoms with Crippen LogP contribution in [-0.4, -0.2) is 37.1 Å². The quantitative estimate of drug-likeness (QED) is 0.847. The molecule has 0 bridgehead atoms. The Morgan fingerprint density at radius 2 is 2.00 bits per heavy atom. The van der Waals surface area contributed by atoms with Gasteiger partial charge in [0.05, 0.1) is 0 Å². The molecule has 3 atom stereocenters. The fourth-order valence-corrected chi connectivity index (χ4v) is 3.93. The third-order valence-electron chi connectivity index (χ3n) is 4.99. The fraction of sp³-hybridized carbons (Fsp3) is 0.700. The molecule has 22 heavy (non-hydrogen) atoms. The van der Waals surface area contributed by atoms with Gasteiger partial charge in [-0.1, -0.05) is 51.5 Å². The van der Waals surface area contributed by atoms with Crippen molar-refractivity contribution < 1.29 is 0 Å². The maximum absolute atomic E-state index is 3.78. The van der Waals surface area contributed by atoms with E-state index in [1.165, 1.54) is 37.7 Å². The van der Waals surface area contributed by atoms with Crippen LogP contribution in [0.2, 0.25) is 0 Å². The highest BCUT2D eigenvalue weighted by molar-refractivity contribution is 5.27. The van der Waals surface area contributed by atoms with Crippen molar-refractivity contribution in [1.29, 1.82) is 0 Å². The van der Waals surface area contributed by atoms with Crippen molar-refractivity contribution in [2.24, 2.45) is 0 Å². The molecular formula is C20H34N2. The van der Waals surface area contributed by atoms with Crippen molar-refractivity contribution in [3.63, 3.8) is 0 Å². The molecular weight excluding hydrogens is 268 g/mol. The molecule has 1 saturated carbocycles. The average molecular weight is 303 g/mol. The van der Waals surface area contributed by atoms with Crippen molar-refractivity contribution in [1.82, 2.24) is 10.2 Å². The Hall–Kier alpha value is -0.860. The second-order valence-corrected chi connectivity index (χ2v) is 7.46. The first kappa shape index (κ1) is 17.5. The summed E-state index contributed by atoms with van der Waals surface area (Å²) in [5.41, 5.74) is 3.06. The number of hydrogen-bond acceptors (Lipinski definition) is 2. The third-order valence-corrected chi connectivity index (χ3v) is 4.99. The minimum absolute atomic E-state index is 0.567. The molecule has 1 aromatic carbocycles. The Labute approximate surface area is 137 Å². The highest BCUT2D eigenvalue weighted by Gasteiger charge is 2.32. The molecule has 0 aromatic heterocycles. The maximum atomic E-state index is 3.78. The van der Waals surface area contributed by atoms with E-state index in [4.69, 9.17) is 0 Å². The molecule has 1 aliphatic carbocycles. The molecule has 124 valence electrons. The summed E-state index contributed by atoms with van der Waals surface area (Å²) in [4.78, 5) is 2.42. The molecule has 0 unspecified atom stereocenters. The zero-order chi connectivity index (χ0) is 16.1. The minimum Gasteiger partial charge on any atom is -0.310 e. The molecule has 0 spiro atoms. The highest BCUT2D eigenvalue weighted by atomic mass is 15.1. The predicted molar refractivity (Wildman–Crippen MR) is 96.6 cm³/mol. The van der Waals surface area contributed by atoms with Gasteiger partial charge in [-0.15, -0.1) is 0 Å². The van der Waals surface area contributed by atoms with Gasteiger partial charge in [0.25, 0.3) is 0 Å². The van der Waals surface area contributed by atoms with Crippen LogP contribution in [0.4, 0.5) is 0 Å². The van der Waals surface area contributed by atoms with E-state index >= 15 is 0 Å². The molecule has 2 nitrogen and oxygen atoms in total. The molecule has 2 rings (SSSR count). The normalized spacial score (nSPS) is 25.9. The highest BCUT2D eigenvalue weighted by Crippen LogP contribution is 2.35. The summed E-state index contributed by atoms with van der Waals surface area (Å²) in [6.07, 6.45) is 6.30. The van der Waals surface area contributed by atoms with Crippen LogP contribution >= 0.6 is 0 Å². The zero-order valence-corrected chi connectivity index (χ0v) is 15.1. The molecule has 2 heteroatoms. The lowest BCUT2D eigenvalue weighted by molar-refractivity contribution is 0.157.